The highest BCUT2D eigenvalue weighted by atomic mass is 32.2. The molecular formula is C20H31N5O2S. The number of ether oxygens (including phenoxy) is 1. The van der Waals surface area contributed by atoms with Crippen LogP contribution in [0.5, 0.6) is 5.75 Å². The van der Waals surface area contributed by atoms with E-state index in [2.05, 4.69) is 22.4 Å². The van der Waals surface area contributed by atoms with Gasteiger partial charge in [0.1, 0.15) is 12.4 Å². The van der Waals surface area contributed by atoms with Crippen LogP contribution in [-0.2, 0) is 11.4 Å². The molecule has 154 valence electrons. The minimum atomic E-state index is -0.0228. The number of carbonyl (C=O) groups is 1. The van der Waals surface area contributed by atoms with Crippen molar-refractivity contribution in [2.24, 2.45) is 0 Å². The number of para-hydroxylation sites is 1. The van der Waals surface area contributed by atoms with Crippen LogP contribution in [0.3, 0.4) is 0 Å². The van der Waals surface area contributed by atoms with Gasteiger partial charge in [-0.15, -0.1) is 10.2 Å². The lowest BCUT2D eigenvalue weighted by molar-refractivity contribution is -0.119. The topological polar surface area (TPSA) is 95.1 Å². The first-order chi connectivity index (χ1) is 13.4. The fourth-order valence-corrected chi connectivity index (χ4v) is 3.57. The Bertz CT molecular complexity index is 758. The second kappa shape index (κ2) is 10.9. The van der Waals surface area contributed by atoms with Crippen LogP contribution in [0.4, 0.5) is 0 Å². The Balaban J connectivity index is 1.83. The van der Waals surface area contributed by atoms with Crippen LogP contribution in [0.15, 0.2) is 23.4 Å². The van der Waals surface area contributed by atoms with Gasteiger partial charge in [-0.3, -0.25) is 4.79 Å². The molecule has 2 rings (SSSR count). The van der Waals surface area contributed by atoms with Crippen molar-refractivity contribution in [3.8, 4) is 5.75 Å². The molecule has 0 unspecified atom stereocenters. The van der Waals surface area contributed by atoms with Gasteiger partial charge in [0.15, 0.2) is 5.82 Å². The molecule has 7 nitrogen and oxygen atoms in total. The van der Waals surface area contributed by atoms with Gasteiger partial charge >= 0.3 is 0 Å². The number of hydrogen-bond donors (Lipinski definition) is 2. The number of aromatic nitrogens is 3. The lowest BCUT2D eigenvalue weighted by Crippen LogP contribution is -2.33. The van der Waals surface area contributed by atoms with Gasteiger partial charge in [-0.1, -0.05) is 56.1 Å². The number of carbonyl (C=O) groups excluding carboxylic acids is 1. The quantitative estimate of drug-likeness (QED) is 0.338. The molecule has 0 saturated heterocycles. The van der Waals surface area contributed by atoms with Crippen LogP contribution in [0.2, 0.25) is 0 Å². The maximum absolute atomic E-state index is 12.1. The Morgan fingerprint density at radius 3 is 2.68 bits per heavy atom. The van der Waals surface area contributed by atoms with E-state index < -0.39 is 0 Å². The average molecular weight is 406 g/mol. The zero-order valence-corrected chi connectivity index (χ0v) is 18.0. The van der Waals surface area contributed by atoms with Gasteiger partial charge in [-0.05, 0) is 38.3 Å². The first kappa shape index (κ1) is 22.1. The van der Waals surface area contributed by atoms with Gasteiger partial charge in [0.2, 0.25) is 11.1 Å². The summed E-state index contributed by atoms with van der Waals surface area (Å²) in [6, 6.07) is 6.17. The summed E-state index contributed by atoms with van der Waals surface area (Å²) in [5, 5.41) is 11.7. The number of nitrogens with two attached hydrogens (primary N) is 1. The SMILES string of the molecule is CCCCC[C@H](C)NC(=O)CSc1nnc(COc2c(C)cccc2C)n1N. The third-order valence-corrected chi connectivity index (χ3v) is 5.41. The van der Waals surface area contributed by atoms with E-state index in [1.54, 1.807) is 0 Å². The normalized spacial score (nSPS) is 12.0. The Morgan fingerprint density at radius 1 is 1.29 bits per heavy atom. The number of nitrogens with one attached hydrogen (secondary N) is 1. The van der Waals surface area contributed by atoms with Crippen LogP contribution < -0.4 is 15.9 Å². The first-order valence-corrected chi connectivity index (χ1v) is 10.7. The molecule has 1 heterocycles. The van der Waals surface area contributed by atoms with Crippen LogP contribution in [0.1, 0.15) is 56.5 Å². The largest absolute Gasteiger partial charge is 0.485 e. The molecule has 8 heteroatoms. The molecule has 1 amide bonds. The highest BCUT2D eigenvalue weighted by Gasteiger charge is 2.14. The Kier molecular flexibility index (Phi) is 8.63. The maximum atomic E-state index is 12.1. The van der Waals surface area contributed by atoms with E-state index in [4.69, 9.17) is 10.6 Å². The van der Waals surface area contributed by atoms with E-state index in [1.165, 1.54) is 29.3 Å². The smallest absolute Gasteiger partial charge is 0.230 e. The van der Waals surface area contributed by atoms with Crippen molar-refractivity contribution in [1.29, 1.82) is 0 Å². The van der Waals surface area contributed by atoms with Crippen molar-refractivity contribution < 1.29 is 9.53 Å². The molecule has 0 fully saturated rings. The molecule has 1 aromatic heterocycles. The number of amides is 1. The number of rotatable bonds is 11. The molecular weight excluding hydrogens is 374 g/mol. The molecule has 1 aromatic carbocycles. The average Bonchev–Trinajstić information content (AvgIpc) is 3.00. The number of unbranched alkanes of at least 4 members (excludes halogenated alkanes) is 2. The van der Waals surface area contributed by atoms with Gasteiger partial charge in [-0.25, -0.2) is 4.68 Å². The van der Waals surface area contributed by atoms with Crippen molar-refractivity contribution in [1.82, 2.24) is 20.2 Å². The summed E-state index contributed by atoms with van der Waals surface area (Å²) in [6.45, 7) is 8.42. The van der Waals surface area contributed by atoms with Crippen molar-refractivity contribution in [3.63, 3.8) is 0 Å². The molecule has 0 aliphatic rings. The Hall–Kier alpha value is -2.22. The molecule has 0 aliphatic heterocycles. The zero-order valence-electron chi connectivity index (χ0n) is 17.2. The molecule has 28 heavy (non-hydrogen) atoms. The minimum absolute atomic E-state index is 0.0228. The van der Waals surface area contributed by atoms with E-state index in [9.17, 15) is 4.79 Å². The minimum Gasteiger partial charge on any atom is -0.485 e. The van der Waals surface area contributed by atoms with E-state index in [0.717, 1.165) is 29.7 Å². The van der Waals surface area contributed by atoms with Crippen molar-refractivity contribution in [2.75, 3.05) is 11.6 Å². The van der Waals surface area contributed by atoms with Crippen LogP contribution in [0, 0.1) is 13.8 Å². The lowest BCUT2D eigenvalue weighted by Gasteiger charge is -2.13. The van der Waals surface area contributed by atoms with Gasteiger partial charge in [0.25, 0.3) is 0 Å². The molecule has 0 radical (unpaired) electrons. The fourth-order valence-electron chi connectivity index (χ4n) is 2.89. The molecule has 0 aliphatic carbocycles. The third-order valence-electron chi connectivity index (χ3n) is 4.47. The number of benzene rings is 1. The maximum Gasteiger partial charge on any atom is 0.230 e. The summed E-state index contributed by atoms with van der Waals surface area (Å²) in [5.74, 6) is 7.65. The van der Waals surface area contributed by atoms with Crippen molar-refractivity contribution in [3.05, 3.63) is 35.2 Å². The Labute approximate surface area is 171 Å². The monoisotopic (exact) mass is 405 g/mol. The second-order valence-corrected chi connectivity index (χ2v) is 7.97. The van der Waals surface area contributed by atoms with Gasteiger partial charge < -0.3 is 15.9 Å². The predicted octanol–water partition coefficient (Wildman–Crippen LogP) is 3.36. The molecule has 2 aromatic rings. The molecule has 0 spiro atoms. The van der Waals surface area contributed by atoms with E-state index >= 15 is 0 Å². The highest BCUT2D eigenvalue weighted by molar-refractivity contribution is 7.99. The molecule has 0 saturated carbocycles. The highest BCUT2D eigenvalue weighted by Crippen LogP contribution is 2.23. The molecule has 3 N–H and O–H groups in total. The zero-order chi connectivity index (χ0) is 20.5. The van der Waals surface area contributed by atoms with Gasteiger partial charge in [0.05, 0.1) is 5.75 Å². The summed E-state index contributed by atoms with van der Waals surface area (Å²) >= 11 is 1.27. The number of aryl methyl sites for hydroxylation is 2. The number of hydrogen-bond acceptors (Lipinski definition) is 6. The Morgan fingerprint density at radius 2 is 2.00 bits per heavy atom. The van der Waals surface area contributed by atoms with E-state index in [0.29, 0.717) is 11.0 Å². The number of nitrogens with zero attached hydrogens (tertiary/aromatic N) is 3. The van der Waals surface area contributed by atoms with Crippen LogP contribution >= 0.6 is 11.8 Å². The van der Waals surface area contributed by atoms with Crippen LogP contribution in [0.25, 0.3) is 0 Å². The summed E-state index contributed by atoms with van der Waals surface area (Å²) in [7, 11) is 0. The third kappa shape index (κ3) is 6.44. The van der Waals surface area contributed by atoms with E-state index in [1.807, 2.05) is 39.0 Å². The molecule has 1 atom stereocenters. The number of nitrogen functional groups attached to an aromatic ring is 1. The summed E-state index contributed by atoms with van der Waals surface area (Å²) in [4.78, 5) is 12.1. The van der Waals surface area contributed by atoms with Crippen LogP contribution in [-0.4, -0.2) is 32.6 Å². The predicted molar refractivity (Wildman–Crippen MR) is 113 cm³/mol. The second-order valence-electron chi connectivity index (χ2n) is 7.03. The lowest BCUT2D eigenvalue weighted by atomic mass is 10.1. The summed E-state index contributed by atoms with van der Waals surface area (Å²) in [5.41, 5.74) is 2.12. The van der Waals surface area contributed by atoms with Crippen molar-refractivity contribution >= 4 is 17.7 Å². The van der Waals surface area contributed by atoms with Crippen molar-refractivity contribution in [2.45, 2.75) is 71.2 Å². The van der Waals surface area contributed by atoms with E-state index in [-0.39, 0.29) is 24.3 Å². The van der Waals surface area contributed by atoms with Gasteiger partial charge in [0, 0.05) is 6.04 Å². The molecule has 0 bridgehead atoms. The summed E-state index contributed by atoms with van der Waals surface area (Å²) < 4.78 is 7.27. The summed E-state index contributed by atoms with van der Waals surface area (Å²) in [6.07, 6.45) is 4.50. The fraction of sp³-hybridized carbons (Fsp3) is 0.550. The first-order valence-electron chi connectivity index (χ1n) is 9.72. The number of thioether (sulfide) groups is 1. The standard InChI is InChI=1S/C20H31N5O2S/c1-5-6-7-11-16(4)22-18(26)13-28-20-24-23-17(25(20)21)12-27-19-14(2)9-8-10-15(19)3/h8-10,16H,5-7,11-13,21H2,1-4H3,(H,22,26)/t16-/m0/s1. The van der Waals surface area contributed by atoms with Gasteiger partial charge in [-0.2, -0.15) is 0 Å².